The van der Waals surface area contributed by atoms with Crippen molar-refractivity contribution in [3.05, 3.63) is 70.5 Å². The van der Waals surface area contributed by atoms with Crippen LogP contribution in [-0.2, 0) is 17.7 Å². The second-order valence-corrected chi connectivity index (χ2v) is 7.91. The van der Waals surface area contributed by atoms with Crippen molar-refractivity contribution in [3.8, 4) is 23.0 Å². The molecule has 0 fully saturated rings. The zero-order valence-electron chi connectivity index (χ0n) is 21.0. The molecule has 3 rings (SSSR count). The minimum absolute atomic E-state index is 0.144. The molecule has 8 nitrogen and oxygen atoms in total. The van der Waals surface area contributed by atoms with E-state index in [1.807, 2.05) is 38.1 Å². The number of esters is 1. The smallest absolute Gasteiger partial charge is 0.346 e. The van der Waals surface area contributed by atoms with E-state index in [2.05, 4.69) is 4.57 Å². The van der Waals surface area contributed by atoms with Crippen LogP contribution in [0, 0.1) is 13.8 Å². The summed E-state index contributed by atoms with van der Waals surface area (Å²) in [6.45, 7) is 4.13. The SMILES string of the molecule is COc1ccc(CCn2c(C)cc(C(=O)COC(=O)c3c(OC)cccc3OC)c2C)cc1OC. The molecule has 0 saturated heterocycles. The molecule has 3 aromatic rings. The fourth-order valence-electron chi connectivity index (χ4n) is 4.04. The topological polar surface area (TPSA) is 85.2 Å². The number of carbonyl (C=O) groups is 2. The van der Waals surface area contributed by atoms with Crippen LogP contribution >= 0.6 is 0 Å². The number of ketones is 1. The van der Waals surface area contributed by atoms with Crippen LogP contribution in [0.1, 0.15) is 37.7 Å². The van der Waals surface area contributed by atoms with Crippen LogP contribution in [0.5, 0.6) is 23.0 Å². The van der Waals surface area contributed by atoms with Crippen LogP contribution in [0.15, 0.2) is 42.5 Å². The number of rotatable bonds is 11. The van der Waals surface area contributed by atoms with Crippen molar-refractivity contribution in [2.45, 2.75) is 26.8 Å². The molecule has 0 atom stereocenters. The molecule has 0 aliphatic heterocycles. The molecule has 0 aliphatic carbocycles. The number of benzene rings is 2. The normalized spacial score (nSPS) is 10.6. The Morgan fingerprint density at radius 2 is 1.43 bits per heavy atom. The van der Waals surface area contributed by atoms with Gasteiger partial charge in [0.25, 0.3) is 0 Å². The van der Waals surface area contributed by atoms with Gasteiger partial charge in [0.2, 0.25) is 5.78 Å². The van der Waals surface area contributed by atoms with Crippen molar-refractivity contribution >= 4 is 11.8 Å². The maximum atomic E-state index is 12.9. The number of hydrogen-bond acceptors (Lipinski definition) is 7. The number of aryl methyl sites for hydroxylation is 2. The monoisotopic (exact) mass is 481 g/mol. The van der Waals surface area contributed by atoms with Gasteiger partial charge < -0.3 is 28.3 Å². The molecule has 0 N–H and O–H groups in total. The highest BCUT2D eigenvalue weighted by Gasteiger charge is 2.22. The van der Waals surface area contributed by atoms with Gasteiger partial charge in [-0.2, -0.15) is 0 Å². The van der Waals surface area contributed by atoms with E-state index >= 15 is 0 Å². The van der Waals surface area contributed by atoms with Crippen molar-refractivity contribution in [2.24, 2.45) is 0 Å². The quantitative estimate of drug-likeness (QED) is 0.296. The van der Waals surface area contributed by atoms with Gasteiger partial charge in [-0.15, -0.1) is 0 Å². The predicted octanol–water partition coefficient (Wildman–Crippen LogP) is 4.42. The lowest BCUT2D eigenvalue weighted by molar-refractivity contribution is 0.0468. The third kappa shape index (κ3) is 5.59. The van der Waals surface area contributed by atoms with Crippen LogP contribution in [0.2, 0.25) is 0 Å². The lowest BCUT2D eigenvalue weighted by atomic mass is 10.1. The van der Waals surface area contributed by atoms with Gasteiger partial charge in [-0.3, -0.25) is 4.79 Å². The Balaban J connectivity index is 1.70. The van der Waals surface area contributed by atoms with Crippen LogP contribution in [0.25, 0.3) is 0 Å². The molecule has 0 amide bonds. The van der Waals surface area contributed by atoms with Crippen LogP contribution < -0.4 is 18.9 Å². The lowest BCUT2D eigenvalue weighted by Gasteiger charge is -2.13. The number of methoxy groups -OCH3 is 4. The van der Waals surface area contributed by atoms with Crippen molar-refractivity contribution in [1.29, 1.82) is 0 Å². The van der Waals surface area contributed by atoms with E-state index in [1.165, 1.54) is 14.2 Å². The highest BCUT2D eigenvalue weighted by atomic mass is 16.5. The van der Waals surface area contributed by atoms with E-state index in [0.29, 0.717) is 35.1 Å². The summed E-state index contributed by atoms with van der Waals surface area (Å²) in [6, 6.07) is 12.6. The molecular formula is C27H31NO7. The van der Waals surface area contributed by atoms with E-state index < -0.39 is 5.97 Å². The van der Waals surface area contributed by atoms with E-state index in [4.69, 9.17) is 23.7 Å². The fraction of sp³-hybridized carbons (Fsp3) is 0.333. The van der Waals surface area contributed by atoms with Crippen molar-refractivity contribution in [2.75, 3.05) is 35.0 Å². The van der Waals surface area contributed by atoms with Gasteiger partial charge in [-0.25, -0.2) is 4.79 Å². The summed E-state index contributed by atoms with van der Waals surface area (Å²) in [5.74, 6) is 1.02. The van der Waals surface area contributed by atoms with Gasteiger partial charge in [0, 0.05) is 23.5 Å². The largest absolute Gasteiger partial charge is 0.496 e. The van der Waals surface area contributed by atoms with Gasteiger partial charge >= 0.3 is 5.97 Å². The van der Waals surface area contributed by atoms with E-state index in [9.17, 15) is 9.59 Å². The number of carbonyl (C=O) groups excluding carboxylic acids is 2. The Morgan fingerprint density at radius 3 is 2.03 bits per heavy atom. The Labute approximate surface area is 205 Å². The molecule has 35 heavy (non-hydrogen) atoms. The van der Waals surface area contributed by atoms with Crippen LogP contribution in [-0.4, -0.2) is 51.4 Å². The van der Waals surface area contributed by atoms with Crippen LogP contribution in [0.3, 0.4) is 0 Å². The van der Waals surface area contributed by atoms with Gasteiger partial charge in [0.1, 0.15) is 17.1 Å². The predicted molar refractivity (Wildman–Crippen MR) is 131 cm³/mol. The molecule has 0 radical (unpaired) electrons. The Bertz CT molecular complexity index is 1190. The first-order chi connectivity index (χ1) is 16.8. The summed E-state index contributed by atoms with van der Waals surface area (Å²) in [5, 5.41) is 0. The number of ether oxygens (including phenoxy) is 5. The molecule has 0 unspecified atom stereocenters. The third-order valence-corrected chi connectivity index (χ3v) is 5.91. The van der Waals surface area contributed by atoms with E-state index in [1.54, 1.807) is 32.4 Å². The van der Waals surface area contributed by atoms with Gasteiger partial charge in [0.15, 0.2) is 18.1 Å². The zero-order valence-corrected chi connectivity index (χ0v) is 21.0. The van der Waals surface area contributed by atoms with Gasteiger partial charge in [0.05, 0.1) is 28.4 Å². The van der Waals surface area contributed by atoms with Crippen molar-refractivity contribution in [3.63, 3.8) is 0 Å². The summed E-state index contributed by atoms with van der Waals surface area (Å²) in [7, 11) is 6.12. The summed E-state index contributed by atoms with van der Waals surface area (Å²) in [4.78, 5) is 25.6. The summed E-state index contributed by atoms with van der Waals surface area (Å²) >= 11 is 0. The molecule has 1 heterocycles. The second-order valence-electron chi connectivity index (χ2n) is 7.91. The Morgan fingerprint density at radius 1 is 0.800 bits per heavy atom. The van der Waals surface area contributed by atoms with E-state index in [0.717, 1.165) is 23.4 Å². The van der Waals surface area contributed by atoms with Gasteiger partial charge in [-0.05, 0) is 56.2 Å². The molecule has 186 valence electrons. The third-order valence-electron chi connectivity index (χ3n) is 5.91. The molecule has 2 aromatic carbocycles. The van der Waals surface area contributed by atoms with Crippen LogP contribution in [0.4, 0.5) is 0 Å². The first-order valence-electron chi connectivity index (χ1n) is 11.1. The fourth-order valence-corrected chi connectivity index (χ4v) is 4.04. The molecule has 0 bridgehead atoms. The minimum Gasteiger partial charge on any atom is -0.496 e. The first-order valence-corrected chi connectivity index (χ1v) is 11.1. The minimum atomic E-state index is -0.685. The molecule has 8 heteroatoms. The highest BCUT2D eigenvalue weighted by Crippen LogP contribution is 2.30. The summed E-state index contributed by atoms with van der Waals surface area (Å²) < 4.78 is 28.6. The lowest BCUT2D eigenvalue weighted by Crippen LogP contribution is -2.16. The molecule has 0 spiro atoms. The molecule has 1 aromatic heterocycles. The van der Waals surface area contributed by atoms with E-state index in [-0.39, 0.29) is 18.0 Å². The first kappa shape index (κ1) is 25.7. The Hall–Kier alpha value is -3.94. The van der Waals surface area contributed by atoms with Gasteiger partial charge in [-0.1, -0.05) is 12.1 Å². The average molecular weight is 482 g/mol. The van der Waals surface area contributed by atoms with Crippen molar-refractivity contribution in [1.82, 2.24) is 4.57 Å². The maximum absolute atomic E-state index is 12.9. The van der Waals surface area contributed by atoms with Crippen molar-refractivity contribution < 1.29 is 33.3 Å². The number of Topliss-reactive ketones (excluding diaryl/α,β-unsaturated/α-hetero) is 1. The standard InChI is InChI=1S/C27H31NO7/c1-17-14-20(18(2)28(17)13-12-19-10-11-22(31-3)25(15-19)34-6)21(29)16-35-27(30)26-23(32-4)8-7-9-24(26)33-5/h7-11,14-15H,12-13,16H2,1-6H3. The Kier molecular flexibility index (Phi) is 8.41. The maximum Gasteiger partial charge on any atom is 0.346 e. The molecule has 0 saturated carbocycles. The number of hydrogen-bond donors (Lipinski definition) is 0. The number of aromatic nitrogens is 1. The molecule has 0 aliphatic rings. The zero-order chi connectivity index (χ0) is 25.5. The molecular weight excluding hydrogens is 450 g/mol. The summed E-state index contributed by atoms with van der Waals surface area (Å²) in [5.41, 5.74) is 3.52. The summed E-state index contributed by atoms with van der Waals surface area (Å²) in [6.07, 6.45) is 0.743. The highest BCUT2D eigenvalue weighted by molar-refractivity contribution is 6.01. The average Bonchev–Trinajstić information content (AvgIpc) is 3.17. The number of nitrogens with zero attached hydrogens (tertiary/aromatic N) is 1. The second kappa shape index (κ2) is 11.5.